The molecule has 1 aliphatic heterocycles. The fourth-order valence-electron chi connectivity index (χ4n) is 3.39. The van der Waals surface area contributed by atoms with Crippen molar-refractivity contribution in [2.45, 2.75) is 0 Å². The van der Waals surface area contributed by atoms with Crippen LogP contribution in [0.25, 0.3) is 11.3 Å². The second kappa shape index (κ2) is 7.75. The molecule has 3 aromatic rings. The molecule has 2 aromatic heterocycles. The highest BCUT2D eigenvalue weighted by Crippen LogP contribution is 2.24. The Morgan fingerprint density at radius 3 is 2.72 bits per heavy atom. The number of hydrogen-bond acceptors (Lipinski definition) is 5. The largest absolute Gasteiger partial charge is 0.497 e. The summed E-state index contributed by atoms with van der Waals surface area (Å²) in [5.41, 5.74) is 2.71. The number of piperazine rings is 1. The van der Waals surface area contributed by atoms with E-state index in [9.17, 15) is 9.59 Å². The molecule has 8 heteroatoms. The van der Waals surface area contributed by atoms with Crippen molar-refractivity contribution in [3.8, 4) is 17.0 Å². The second-order valence-electron chi connectivity index (χ2n) is 6.75. The van der Waals surface area contributed by atoms with Crippen LogP contribution >= 0.6 is 0 Å². The molecule has 2 amide bonds. The van der Waals surface area contributed by atoms with Gasteiger partial charge in [0.15, 0.2) is 0 Å². The summed E-state index contributed by atoms with van der Waals surface area (Å²) in [6.45, 7) is 0.892. The van der Waals surface area contributed by atoms with Crippen LogP contribution in [0.2, 0.25) is 0 Å². The number of ether oxygens (including phenoxy) is 1. The van der Waals surface area contributed by atoms with E-state index in [0.717, 1.165) is 17.0 Å². The third-order valence-corrected chi connectivity index (χ3v) is 4.93. The van der Waals surface area contributed by atoms with Gasteiger partial charge >= 0.3 is 0 Å². The van der Waals surface area contributed by atoms with E-state index in [-0.39, 0.29) is 18.4 Å². The number of carbonyl (C=O) groups excluding carboxylic acids is 2. The van der Waals surface area contributed by atoms with Crippen molar-refractivity contribution in [1.82, 2.24) is 19.7 Å². The number of carbonyl (C=O) groups is 2. The molecule has 1 saturated heterocycles. The summed E-state index contributed by atoms with van der Waals surface area (Å²) >= 11 is 0. The molecule has 148 valence electrons. The van der Waals surface area contributed by atoms with Crippen LogP contribution in [-0.4, -0.2) is 58.2 Å². The van der Waals surface area contributed by atoms with E-state index in [1.807, 2.05) is 30.3 Å². The highest BCUT2D eigenvalue weighted by atomic mass is 16.5. The number of aryl methyl sites for hydroxylation is 1. The lowest BCUT2D eigenvalue weighted by molar-refractivity contribution is -0.120. The molecular weight excluding hydrogens is 370 g/mol. The van der Waals surface area contributed by atoms with Crippen molar-refractivity contribution >= 4 is 17.5 Å². The Labute approximate surface area is 168 Å². The zero-order chi connectivity index (χ0) is 20.4. The lowest BCUT2D eigenvalue weighted by atomic mass is 10.1. The van der Waals surface area contributed by atoms with Gasteiger partial charge in [-0.3, -0.25) is 19.3 Å². The zero-order valence-electron chi connectivity index (χ0n) is 16.3. The Morgan fingerprint density at radius 1 is 1.14 bits per heavy atom. The number of aromatic nitrogens is 3. The van der Waals surface area contributed by atoms with Crippen LogP contribution in [0.4, 0.5) is 5.69 Å². The molecule has 0 radical (unpaired) electrons. The Hall–Kier alpha value is -3.68. The lowest BCUT2D eigenvalue weighted by Crippen LogP contribution is -2.52. The van der Waals surface area contributed by atoms with Crippen molar-refractivity contribution in [3.63, 3.8) is 0 Å². The summed E-state index contributed by atoms with van der Waals surface area (Å²) in [6.07, 6.45) is 3.31. The summed E-state index contributed by atoms with van der Waals surface area (Å²) in [5.74, 6) is 0.374. The first-order chi connectivity index (χ1) is 14.1. The van der Waals surface area contributed by atoms with E-state index in [0.29, 0.717) is 24.5 Å². The third-order valence-electron chi connectivity index (χ3n) is 4.93. The normalized spacial score (nSPS) is 14.2. The molecule has 0 N–H and O–H groups in total. The number of methoxy groups -OCH3 is 1. The standard InChI is InChI=1S/C21H21N5O3/c1-24-19(12-18(23-24)15-5-3-7-17(11-15)29-2)21(28)25-9-10-26(20(27)14-25)16-6-4-8-22-13-16/h3-8,11-13H,9-10,14H2,1-2H3. The zero-order valence-corrected chi connectivity index (χ0v) is 16.3. The molecule has 0 spiro atoms. The van der Waals surface area contributed by atoms with Gasteiger partial charge in [-0.15, -0.1) is 0 Å². The summed E-state index contributed by atoms with van der Waals surface area (Å²) in [6, 6.07) is 12.9. The number of nitrogens with zero attached hydrogens (tertiary/aromatic N) is 5. The maximum absolute atomic E-state index is 13.0. The predicted molar refractivity (Wildman–Crippen MR) is 108 cm³/mol. The van der Waals surface area contributed by atoms with Gasteiger partial charge in [0.1, 0.15) is 18.0 Å². The number of hydrogen-bond donors (Lipinski definition) is 0. The number of benzene rings is 1. The molecule has 4 rings (SSSR count). The maximum Gasteiger partial charge on any atom is 0.272 e. The Kier molecular flexibility index (Phi) is 4.99. The van der Waals surface area contributed by atoms with Gasteiger partial charge < -0.3 is 14.5 Å². The van der Waals surface area contributed by atoms with Gasteiger partial charge in [0.2, 0.25) is 5.91 Å². The quantitative estimate of drug-likeness (QED) is 0.679. The molecule has 0 bridgehead atoms. The first-order valence-electron chi connectivity index (χ1n) is 9.25. The van der Waals surface area contributed by atoms with E-state index in [2.05, 4.69) is 10.1 Å². The molecule has 1 fully saturated rings. The van der Waals surface area contributed by atoms with Gasteiger partial charge in [-0.25, -0.2) is 0 Å². The molecule has 1 aliphatic rings. The average molecular weight is 391 g/mol. The average Bonchev–Trinajstić information content (AvgIpc) is 3.15. The molecule has 3 heterocycles. The van der Waals surface area contributed by atoms with Gasteiger partial charge in [0.25, 0.3) is 5.91 Å². The fraction of sp³-hybridized carbons (Fsp3) is 0.238. The van der Waals surface area contributed by atoms with E-state index in [1.165, 1.54) is 0 Å². The van der Waals surface area contributed by atoms with E-state index < -0.39 is 0 Å². The first kappa shape index (κ1) is 18.7. The van der Waals surface area contributed by atoms with Crippen LogP contribution in [-0.2, 0) is 11.8 Å². The second-order valence-corrected chi connectivity index (χ2v) is 6.75. The van der Waals surface area contributed by atoms with Crippen molar-refractivity contribution in [2.24, 2.45) is 7.05 Å². The number of amides is 2. The Morgan fingerprint density at radius 2 is 2.00 bits per heavy atom. The molecule has 0 atom stereocenters. The van der Waals surface area contributed by atoms with Gasteiger partial charge in [-0.05, 0) is 30.3 Å². The fourth-order valence-corrected chi connectivity index (χ4v) is 3.39. The van der Waals surface area contributed by atoms with Gasteiger partial charge in [0, 0.05) is 31.9 Å². The molecule has 0 aliphatic carbocycles. The van der Waals surface area contributed by atoms with Gasteiger partial charge in [-0.1, -0.05) is 12.1 Å². The number of anilines is 1. The summed E-state index contributed by atoms with van der Waals surface area (Å²) < 4.78 is 6.81. The Balaban J connectivity index is 1.52. The highest BCUT2D eigenvalue weighted by Gasteiger charge is 2.30. The van der Waals surface area contributed by atoms with E-state index in [1.54, 1.807) is 53.2 Å². The first-order valence-corrected chi connectivity index (χ1v) is 9.25. The molecule has 1 aromatic carbocycles. The molecular formula is C21H21N5O3. The van der Waals surface area contributed by atoms with Crippen LogP contribution in [0, 0.1) is 0 Å². The van der Waals surface area contributed by atoms with Crippen LogP contribution in [0.15, 0.2) is 54.9 Å². The predicted octanol–water partition coefficient (Wildman–Crippen LogP) is 1.98. The summed E-state index contributed by atoms with van der Waals surface area (Å²) in [4.78, 5) is 32.9. The summed E-state index contributed by atoms with van der Waals surface area (Å²) in [5, 5.41) is 4.46. The minimum atomic E-state index is -0.215. The van der Waals surface area contributed by atoms with Crippen LogP contribution in [0.3, 0.4) is 0 Å². The van der Waals surface area contributed by atoms with Crippen molar-refractivity contribution in [2.75, 3.05) is 31.6 Å². The summed E-state index contributed by atoms with van der Waals surface area (Å²) in [7, 11) is 3.33. The minimum absolute atomic E-state index is 0.0212. The van der Waals surface area contributed by atoms with Crippen LogP contribution in [0.5, 0.6) is 5.75 Å². The molecule has 0 unspecified atom stereocenters. The molecule has 29 heavy (non-hydrogen) atoms. The topological polar surface area (TPSA) is 80.6 Å². The number of pyridine rings is 1. The van der Waals surface area contributed by atoms with E-state index in [4.69, 9.17) is 4.74 Å². The smallest absolute Gasteiger partial charge is 0.272 e. The monoisotopic (exact) mass is 391 g/mol. The van der Waals surface area contributed by atoms with Crippen LogP contribution in [0.1, 0.15) is 10.5 Å². The van der Waals surface area contributed by atoms with Gasteiger partial charge in [-0.2, -0.15) is 5.10 Å². The SMILES string of the molecule is COc1cccc(-c2cc(C(=O)N3CCN(c4cccnc4)C(=O)C3)n(C)n2)c1. The minimum Gasteiger partial charge on any atom is -0.497 e. The van der Waals surface area contributed by atoms with Crippen LogP contribution < -0.4 is 9.64 Å². The van der Waals surface area contributed by atoms with Crippen molar-refractivity contribution in [1.29, 1.82) is 0 Å². The van der Waals surface area contributed by atoms with Crippen molar-refractivity contribution in [3.05, 3.63) is 60.6 Å². The highest BCUT2D eigenvalue weighted by molar-refractivity contribution is 6.01. The Bertz CT molecular complexity index is 1050. The molecule has 0 saturated carbocycles. The van der Waals surface area contributed by atoms with E-state index >= 15 is 0 Å². The lowest BCUT2D eigenvalue weighted by Gasteiger charge is -2.34. The molecule has 8 nitrogen and oxygen atoms in total. The number of rotatable bonds is 4. The van der Waals surface area contributed by atoms with Gasteiger partial charge in [0.05, 0.1) is 24.7 Å². The van der Waals surface area contributed by atoms with Crippen molar-refractivity contribution < 1.29 is 14.3 Å². The maximum atomic E-state index is 13.0. The third kappa shape index (κ3) is 3.69.